The van der Waals surface area contributed by atoms with Gasteiger partial charge in [0.15, 0.2) is 24.1 Å². The number of likely N-dealkylation sites (N-methyl/N-ethyl adjacent to an activating group) is 1. The average Bonchev–Trinajstić information content (AvgIpc) is 3.15. The molecule has 0 spiro atoms. The van der Waals surface area contributed by atoms with Gasteiger partial charge in [0.25, 0.3) is 11.8 Å². The molecule has 3 N–H and O–H groups in total. The van der Waals surface area contributed by atoms with E-state index in [1.54, 1.807) is 36.9 Å². The molecule has 2 amide bonds. The van der Waals surface area contributed by atoms with Crippen molar-refractivity contribution in [2.45, 2.75) is 17.9 Å². The Morgan fingerprint density at radius 1 is 1.14 bits per heavy atom. The molecule has 1 heterocycles. The van der Waals surface area contributed by atoms with Crippen LogP contribution in [0.4, 0.5) is 11.4 Å². The number of carbonyl (C=O) groups is 2. The number of fused-ring (bicyclic) bond motifs is 1. The van der Waals surface area contributed by atoms with E-state index >= 15 is 0 Å². The third-order valence-electron chi connectivity index (χ3n) is 4.59. The van der Waals surface area contributed by atoms with Gasteiger partial charge in [-0.2, -0.15) is 0 Å². The van der Waals surface area contributed by atoms with Crippen molar-refractivity contribution in [3.63, 3.8) is 0 Å². The lowest BCUT2D eigenvalue weighted by atomic mass is 10.2. The van der Waals surface area contributed by atoms with Gasteiger partial charge in [0.05, 0.1) is 12.7 Å². The van der Waals surface area contributed by atoms with Crippen LogP contribution in [0.25, 0.3) is 0 Å². The quantitative estimate of drug-likeness (QED) is 0.613. The number of thioether (sulfide) groups is 1. The average molecular weight is 402 g/mol. The molecule has 0 bridgehead atoms. The van der Waals surface area contributed by atoms with Crippen molar-refractivity contribution in [3.8, 4) is 11.5 Å². The number of quaternary nitrogens is 1. The third-order valence-corrected chi connectivity index (χ3v) is 5.39. The van der Waals surface area contributed by atoms with Gasteiger partial charge in [-0.3, -0.25) is 9.59 Å². The maximum Gasteiger partial charge on any atom is 0.282 e. The fraction of sp³-hybridized carbons (Fsp3) is 0.300. The molecule has 2 aromatic carbocycles. The molecule has 0 saturated carbocycles. The molecule has 0 saturated heterocycles. The van der Waals surface area contributed by atoms with Crippen LogP contribution in [0.1, 0.15) is 6.92 Å². The number of carbonyl (C=O) groups excluding carboxylic acids is 2. The summed E-state index contributed by atoms with van der Waals surface area (Å²) in [6, 6.07) is 12.5. The zero-order valence-corrected chi connectivity index (χ0v) is 16.9. The molecule has 1 unspecified atom stereocenters. The minimum Gasteiger partial charge on any atom is -0.454 e. The summed E-state index contributed by atoms with van der Waals surface area (Å²) in [7, 11) is 1.82. The molecule has 0 aromatic heterocycles. The number of hydrogen-bond donors (Lipinski definition) is 3. The van der Waals surface area contributed by atoms with Gasteiger partial charge in [0.2, 0.25) is 6.79 Å². The zero-order chi connectivity index (χ0) is 20.1. The van der Waals surface area contributed by atoms with Gasteiger partial charge >= 0.3 is 0 Å². The summed E-state index contributed by atoms with van der Waals surface area (Å²) in [4.78, 5) is 26.7. The van der Waals surface area contributed by atoms with Gasteiger partial charge in [0.1, 0.15) is 0 Å². The highest BCUT2D eigenvalue weighted by atomic mass is 32.2. The summed E-state index contributed by atoms with van der Waals surface area (Å²) in [6.07, 6.45) is 1.96. The highest BCUT2D eigenvalue weighted by Gasteiger charge is 2.25. The van der Waals surface area contributed by atoms with Crippen LogP contribution in [0.3, 0.4) is 0 Å². The van der Waals surface area contributed by atoms with Crippen molar-refractivity contribution < 1.29 is 24.0 Å². The highest BCUT2D eigenvalue weighted by molar-refractivity contribution is 7.98. The third kappa shape index (κ3) is 4.76. The van der Waals surface area contributed by atoms with Crippen molar-refractivity contribution in [3.05, 3.63) is 42.5 Å². The van der Waals surface area contributed by atoms with Crippen molar-refractivity contribution in [2.24, 2.45) is 0 Å². The first-order valence-electron chi connectivity index (χ1n) is 8.93. The van der Waals surface area contributed by atoms with E-state index < -0.39 is 6.04 Å². The number of ether oxygens (including phenoxy) is 2. The summed E-state index contributed by atoms with van der Waals surface area (Å²) >= 11 is 1.57. The Morgan fingerprint density at radius 2 is 1.89 bits per heavy atom. The molecule has 7 nitrogen and oxygen atoms in total. The van der Waals surface area contributed by atoms with E-state index in [9.17, 15) is 9.59 Å². The van der Waals surface area contributed by atoms with Crippen molar-refractivity contribution >= 4 is 35.0 Å². The number of anilines is 2. The van der Waals surface area contributed by atoms with Crippen molar-refractivity contribution in [1.29, 1.82) is 0 Å². The normalized spacial score (nSPS) is 14.2. The fourth-order valence-corrected chi connectivity index (χ4v) is 3.35. The SMILES string of the molecule is CSc1ccccc1NC(=O)C[NH+](C)[C@H](C)C(=O)Nc1ccc2c(c1)OCO2. The first-order valence-corrected chi connectivity index (χ1v) is 10.2. The Kier molecular flexibility index (Phi) is 6.43. The summed E-state index contributed by atoms with van der Waals surface area (Å²) in [5, 5.41) is 5.78. The number of rotatable bonds is 7. The minimum atomic E-state index is -0.410. The summed E-state index contributed by atoms with van der Waals surface area (Å²) in [5.41, 5.74) is 1.41. The Labute approximate surface area is 168 Å². The van der Waals surface area contributed by atoms with E-state index in [2.05, 4.69) is 10.6 Å². The number of nitrogens with one attached hydrogen (secondary N) is 3. The van der Waals surface area contributed by atoms with Gasteiger partial charge in [-0.15, -0.1) is 11.8 Å². The molecule has 3 rings (SSSR count). The van der Waals surface area contributed by atoms with E-state index in [0.717, 1.165) is 15.5 Å². The second-order valence-corrected chi connectivity index (χ2v) is 7.40. The zero-order valence-electron chi connectivity index (χ0n) is 16.1. The van der Waals surface area contributed by atoms with Gasteiger partial charge in [-0.1, -0.05) is 12.1 Å². The van der Waals surface area contributed by atoms with Gasteiger partial charge in [-0.25, -0.2) is 0 Å². The molecular formula is C20H24N3O4S+. The predicted molar refractivity (Wildman–Crippen MR) is 109 cm³/mol. The number of amides is 2. The van der Waals surface area contributed by atoms with Crippen LogP contribution in [0.5, 0.6) is 11.5 Å². The second-order valence-electron chi connectivity index (χ2n) is 6.55. The van der Waals surface area contributed by atoms with Gasteiger partial charge in [0, 0.05) is 16.6 Å². The minimum absolute atomic E-state index is 0.137. The van der Waals surface area contributed by atoms with Crippen LogP contribution in [0, 0.1) is 0 Å². The number of benzene rings is 2. The molecule has 2 aromatic rings. The molecule has 148 valence electrons. The first kappa shape index (κ1) is 20.0. The standard InChI is InChI=1S/C20H23N3O4S/c1-13(20(25)21-14-8-9-16-17(10-14)27-12-26-16)23(2)11-19(24)22-15-6-4-5-7-18(15)28-3/h4-10,13H,11-12H2,1-3H3,(H,21,25)(H,22,24)/p+1/t13-/m1/s1. The first-order chi connectivity index (χ1) is 13.5. The second kappa shape index (κ2) is 8.99. The van der Waals surface area contributed by atoms with E-state index in [1.807, 2.05) is 37.6 Å². The molecule has 2 atom stereocenters. The monoisotopic (exact) mass is 402 g/mol. The smallest absolute Gasteiger partial charge is 0.282 e. The lowest BCUT2D eigenvalue weighted by Crippen LogP contribution is -3.14. The largest absolute Gasteiger partial charge is 0.454 e. The van der Waals surface area contributed by atoms with Gasteiger partial charge in [-0.05, 0) is 37.4 Å². The lowest BCUT2D eigenvalue weighted by Gasteiger charge is -2.21. The molecule has 0 radical (unpaired) electrons. The Balaban J connectivity index is 1.55. The number of para-hydroxylation sites is 1. The van der Waals surface area contributed by atoms with Crippen molar-refractivity contribution in [1.82, 2.24) is 0 Å². The Bertz CT molecular complexity index is 874. The van der Waals surface area contributed by atoms with Crippen molar-refractivity contribution in [2.75, 3.05) is 37.3 Å². The fourth-order valence-electron chi connectivity index (χ4n) is 2.80. The maximum atomic E-state index is 12.6. The molecule has 0 aliphatic carbocycles. The van der Waals surface area contributed by atoms with E-state index in [0.29, 0.717) is 17.2 Å². The van der Waals surface area contributed by atoms with E-state index in [4.69, 9.17) is 9.47 Å². The van der Waals surface area contributed by atoms with Gasteiger partial charge < -0.3 is 25.0 Å². The Hall–Kier alpha value is -2.71. The van der Waals surface area contributed by atoms with E-state index in [1.165, 1.54) is 0 Å². The topological polar surface area (TPSA) is 81.1 Å². The highest BCUT2D eigenvalue weighted by Crippen LogP contribution is 2.34. The van der Waals surface area contributed by atoms with Crippen LogP contribution in [0.2, 0.25) is 0 Å². The molecule has 28 heavy (non-hydrogen) atoms. The van der Waals surface area contributed by atoms with Crippen LogP contribution >= 0.6 is 11.8 Å². The van der Waals surface area contributed by atoms with Crippen LogP contribution in [0.15, 0.2) is 47.4 Å². The lowest BCUT2D eigenvalue weighted by molar-refractivity contribution is -0.885. The molecule has 1 aliphatic rings. The molecule has 0 fully saturated rings. The van der Waals surface area contributed by atoms with Crippen LogP contribution in [-0.2, 0) is 9.59 Å². The Morgan fingerprint density at radius 3 is 2.68 bits per heavy atom. The summed E-state index contributed by atoms with van der Waals surface area (Å²) < 4.78 is 10.6. The van der Waals surface area contributed by atoms with E-state index in [-0.39, 0.29) is 25.2 Å². The maximum absolute atomic E-state index is 12.6. The predicted octanol–water partition coefficient (Wildman–Crippen LogP) is 1.62. The number of hydrogen-bond acceptors (Lipinski definition) is 5. The molecular weight excluding hydrogens is 378 g/mol. The summed E-state index contributed by atoms with van der Waals surface area (Å²) in [5.74, 6) is 0.962. The summed E-state index contributed by atoms with van der Waals surface area (Å²) in [6.45, 7) is 2.16. The van der Waals surface area contributed by atoms with Crippen LogP contribution < -0.4 is 25.0 Å². The molecule has 8 heteroatoms. The van der Waals surface area contributed by atoms with Crippen LogP contribution in [-0.4, -0.2) is 44.5 Å². The molecule has 1 aliphatic heterocycles.